The van der Waals surface area contributed by atoms with Crippen molar-refractivity contribution < 1.29 is 21.6 Å². The number of benzene rings is 1. The Hall–Kier alpha value is -1.58. The maximum absolute atomic E-state index is 12.8. The smallest absolute Gasteiger partial charge is 0.268 e. The Morgan fingerprint density at radius 1 is 1.18 bits per heavy atom. The number of halogens is 4. The Bertz CT molecular complexity index is 894. The molecule has 28 heavy (non-hydrogen) atoms. The summed E-state index contributed by atoms with van der Waals surface area (Å²) in [7, 11) is -3.67. The lowest BCUT2D eigenvalue weighted by Crippen LogP contribution is -2.25. The molecule has 0 radical (unpaired) electrons. The Kier molecular flexibility index (Phi) is 7.52. The summed E-state index contributed by atoms with van der Waals surface area (Å²) in [6.45, 7) is 3.71. The first-order valence-electron chi connectivity index (χ1n) is 8.95. The average molecular weight is 438 g/mol. The summed E-state index contributed by atoms with van der Waals surface area (Å²) < 4.78 is 66.7. The second-order valence-electron chi connectivity index (χ2n) is 6.47. The molecule has 2 aromatic rings. The van der Waals surface area contributed by atoms with Crippen LogP contribution in [0.5, 0.6) is 0 Å². The number of nitrogens with zero attached hydrogens (tertiary/aromatic N) is 2. The number of aromatic nitrogens is 2. The SMILES string of the molecule is CCCCc1ccc(S(=O)(=O)NCCCn2nc(C(F)(F)F)c(Cl)c2C)cc1. The van der Waals surface area contributed by atoms with E-state index in [0.717, 1.165) is 29.5 Å². The summed E-state index contributed by atoms with van der Waals surface area (Å²) in [5, 5.41) is 3.06. The third-order valence-electron chi connectivity index (χ3n) is 4.29. The van der Waals surface area contributed by atoms with Crippen molar-refractivity contribution in [3.05, 3.63) is 46.2 Å². The van der Waals surface area contributed by atoms with Crippen molar-refractivity contribution in [2.24, 2.45) is 0 Å². The summed E-state index contributed by atoms with van der Waals surface area (Å²) in [4.78, 5) is 0.158. The quantitative estimate of drug-likeness (QED) is 0.584. The van der Waals surface area contributed by atoms with Gasteiger partial charge in [-0.15, -0.1) is 0 Å². The first kappa shape index (κ1) is 22.7. The van der Waals surface area contributed by atoms with Gasteiger partial charge in [-0.1, -0.05) is 37.1 Å². The molecule has 156 valence electrons. The van der Waals surface area contributed by atoms with Gasteiger partial charge in [0.2, 0.25) is 10.0 Å². The Morgan fingerprint density at radius 2 is 1.82 bits per heavy atom. The summed E-state index contributed by atoms with van der Waals surface area (Å²) in [6, 6.07) is 6.69. The average Bonchev–Trinajstić information content (AvgIpc) is 2.92. The van der Waals surface area contributed by atoms with E-state index in [2.05, 4.69) is 16.7 Å². The summed E-state index contributed by atoms with van der Waals surface area (Å²) in [5.41, 5.74) is 0.141. The van der Waals surface area contributed by atoms with Crippen LogP contribution in [0.4, 0.5) is 13.2 Å². The van der Waals surface area contributed by atoms with E-state index in [4.69, 9.17) is 11.6 Å². The second kappa shape index (κ2) is 9.28. The molecular weight excluding hydrogens is 415 g/mol. The highest BCUT2D eigenvalue weighted by Crippen LogP contribution is 2.35. The Morgan fingerprint density at radius 3 is 2.36 bits per heavy atom. The van der Waals surface area contributed by atoms with Crippen LogP contribution in [-0.2, 0) is 29.2 Å². The van der Waals surface area contributed by atoms with Crippen molar-refractivity contribution >= 4 is 21.6 Å². The molecule has 0 aliphatic heterocycles. The lowest BCUT2D eigenvalue weighted by Gasteiger charge is -2.09. The van der Waals surface area contributed by atoms with Gasteiger partial charge in [-0.2, -0.15) is 18.3 Å². The minimum absolute atomic E-state index is 0.0676. The van der Waals surface area contributed by atoms with Gasteiger partial charge >= 0.3 is 6.18 Å². The zero-order valence-corrected chi connectivity index (χ0v) is 17.3. The molecule has 1 aromatic carbocycles. The number of nitrogens with one attached hydrogen (secondary N) is 1. The first-order chi connectivity index (χ1) is 13.1. The lowest BCUT2D eigenvalue weighted by molar-refractivity contribution is -0.141. The summed E-state index contributed by atoms with van der Waals surface area (Å²) in [5.74, 6) is 0. The van der Waals surface area contributed by atoms with Crippen molar-refractivity contribution in [2.75, 3.05) is 6.54 Å². The number of rotatable bonds is 9. The van der Waals surface area contributed by atoms with Crippen LogP contribution in [-0.4, -0.2) is 24.7 Å². The molecule has 0 saturated carbocycles. The second-order valence-corrected chi connectivity index (χ2v) is 8.61. The molecule has 2 rings (SSSR count). The van der Waals surface area contributed by atoms with Gasteiger partial charge in [0.1, 0.15) is 0 Å². The number of unbranched alkanes of at least 4 members (excludes halogenated alkanes) is 1. The van der Waals surface area contributed by atoms with E-state index in [1.54, 1.807) is 24.3 Å². The van der Waals surface area contributed by atoms with Gasteiger partial charge in [0.05, 0.1) is 15.6 Å². The molecule has 1 N–H and O–H groups in total. The molecule has 0 bridgehead atoms. The highest BCUT2D eigenvalue weighted by Gasteiger charge is 2.38. The fourth-order valence-corrected chi connectivity index (χ4v) is 3.97. The summed E-state index contributed by atoms with van der Waals surface area (Å²) in [6.07, 6.45) is -1.36. The van der Waals surface area contributed by atoms with E-state index < -0.39 is 26.9 Å². The molecule has 1 aromatic heterocycles. The number of hydrogen-bond acceptors (Lipinski definition) is 3. The molecule has 0 spiro atoms. The van der Waals surface area contributed by atoms with Crippen LogP contribution < -0.4 is 4.72 Å². The van der Waals surface area contributed by atoms with Crippen LogP contribution in [0.1, 0.15) is 43.1 Å². The molecule has 10 heteroatoms. The molecule has 0 saturated heterocycles. The summed E-state index contributed by atoms with van der Waals surface area (Å²) >= 11 is 5.69. The van der Waals surface area contributed by atoms with E-state index in [1.807, 2.05) is 0 Å². The zero-order chi connectivity index (χ0) is 20.9. The van der Waals surface area contributed by atoms with E-state index in [1.165, 1.54) is 6.92 Å². The molecule has 0 aliphatic carbocycles. The molecule has 0 fully saturated rings. The minimum atomic E-state index is -4.63. The largest absolute Gasteiger partial charge is 0.436 e. The van der Waals surface area contributed by atoms with Crippen LogP contribution in [0.25, 0.3) is 0 Å². The highest BCUT2D eigenvalue weighted by molar-refractivity contribution is 7.89. The Balaban J connectivity index is 1.92. The van der Waals surface area contributed by atoms with Gasteiger partial charge in [0.25, 0.3) is 0 Å². The van der Waals surface area contributed by atoms with E-state index in [-0.39, 0.29) is 30.1 Å². The van der Waals surface area contributed by atoms with Crippen LogP contribution in [0.2, 0.25) is 5.02 Å². The predicted molar refractivity (Wildman–Crippen MR) is 102 cm³/mol. The maximum atomic E-state index is 12.8. The van der Waals surface area contributed by atoms with Crippen molar-refractivity contribution in [3.8, 4) is 0 Å². The predicted octanol–water partition coefficient (Wildman–Crippen LogP) is 4.57. The van der Waals surface area contributed by atoms with Crippen LogP contribution in [0.15, 0.2) is 29.2 Å². The lowest BCUT2D eigenvalue weighted by atomic mass is 10.1. The topological polar surface area (TPSA) is 64.0 Å². The number of sulfonamides is 1. The fourth-order valence-electron chi connectivity index (χ4n) is 2.66. The van der Waals surface area contributed by atoms with Gasteiger partial charge in [-0.25, -0.2) is 13.1 Å². The van der Waals surface area contributed by atoms with Crippen LogP contribution in [0.3, 0.4) is 0 Å². The minimum Gasteiger partial charge on any atom is -0.268 e. The monoisotopic (exact) mass is 437 g/mol. The third-order valence-corrected chi connectivity index (χ3v) is 6.22. The van der Waals surface area contributed by atoms with Crippen LogP contribution >= 0.6 is 11.6 Å². The Labute approximate surface area is 167 Å². The van der Waals surface area contributed by atoms with Crippen molar-refractivity contribution in [2.45, 2.75) is 57.1 Å². The fraction of sp³-hybridized carbons (Fsp3) is 0.500. The van der Waals surface area contributed by atoms with Crippen molar-refractivity contribution in [1.82, 2.24) is 14.5 Å². The van der Waals surface area contributed by atoms with Crippen molar-refractivity contribution in [1.29, 1.82) is 0 Å². The molecule has 0 unspecified atom stereocenters. The van der Waals surface area contributed by atoms with Gasteiger partial charge in [-0.3, -0.25) is 4.68 Å². The number of alkyl halides is 3. The zero-order valence-electron chi connectivity index (χ0n) is 15.7. The van der Waals surface area contributed by atoms with Crippen LogP contribution in [0, 0.1) is 6.92 Å². The molecule has 0 aliphatic rings. The number of hydrogen-bond donors (Lipinski definition) is 1. The molecule has 0 amide bonds. The van der Waals surface area contributed by atoms with Gasteiger partial charge in [0, 0.05) is 13.1 Å². The molecule has 1 heterocycles. The highest BCUT2D eigenvalue weighted by atomic mass is 35.5. The standard InChI is InChI=1S/C18H23ClF3N3O2S/c1-3-4-6-14-7-9-15(10-8-14)28(26,27)23-11-5-12-25-13(2)16(19)17(24-25)18(20,21)22/h7-10,23H,3-6,11-12H2,1-2H3. The normalized spacial score (nSPS) is 12.5. The van der Waals surface area contributed by atoms with E-state index in [9.17, 15) is 21.6 Å². The van der Waals surface area contributed by atoms with Gasteiger partial charge < -0.3 is 0 Å². The van der Waals surface area contributed by atoms with E-state index in [0.29, 0.717) is 0 Å². The molecule has 5 nitrogen and oxygen atoms in total. The van der Waals surface area contributed by atoms with Crippen molar-refractivity contribution in [3.63, 3.8) is 0 Å². The first-order valence-corrected chi connectivity index (χ1v) is 10.8. The third kappa shape index (κ3) is 5.71. The maximum Gasteiger partial charge on any atom is 0.436 e. The van der Waals surface area contributed by atoms with E-state index >= 15 is 0 Å². The number of aryl methyl sites for hydroxylation is 2. The molecule has 0 atom stereocenters. The molecular formula is C18H23ClF3N3O2S. The van der Waals surface area contributed by atoms with Gasteiger partial charge in [0.15, 0.2) is 5.69 Å². The van der Waals surface area contributed by atoms with Gasteiger partial charge in [-0.05, 0) is 43.9 Å².